The number of hydrogen-bond acceptors (Lipinski definition) is 5. The molecule has 1 aromatic carbocycles. The van der Waals surface area contributed by atoms with Crippen molar-refractivity contribution >= 4 is 56.0 Å². The number of rotatable bonds is 2. The molecular formula is C17H10BrClN4O2S. The van der Waals surface area contributed by atoms with E-state index < -0.39 is 0 Å². The number of benzene rings is 1. The van der Waals surface area contributed by atoms with Gasteiger partial charge in [-0.1, -0.05) is 38.9 Å². The van der Waals surface area contributed by atoms with Crippen molar-refractivity contribution in [1.82, 2.24) is 9.55 Å². The molecule has 0 saturated carbocycles. The van der Waals surface area contributed by atoms with E-state index in [9.17, 15) is 9.90 Å². The van der Waals surface area contributed by atoms with Crippen LogP contribution >= 0.6 is 38.9 Å². The zero-order valence-electron chi connectivity index (χ0n) is 13.3. The second-order valence-electron chi connectivity index (χ2n) is 5.47. The van der Waals surface area contributed by atoms with Gasteiger partial charge in [-0.2, -0.15) is 0 Å². The van der Waals surface area contributed by atoms with Crippen LogP contribution in [0.4, 0.5) is 5.69 Å². The van der Waals surface area contributed by atoms with Crippen LogP contribution in [0.3, 0.4) is 0 Å². The van der Waals surface area contributed by atoms with E-state index >= 15 is 0 Å². The molecule has 1 aliphatic rings. The highest BCUT2D eigenvalue weighted by molar-refractivity contribution is 9.10. The van der Waals surface area contributed by atoms with Gasteiger partial charge in [-0.05, 0) is 30.3 Å². The summed E-state index contributed by atoms with van der Waals surface area (Å²) in [7, 11) is 1.66. The Morgan fingerprint density at radius 1 is 1.35 bits per heavy atom. The van der Waals surface area contributed by atoms with Crippen molar-refractivity contribution in [2.45, 2.75) is 0 Å². The maximum atomic E-state index is 12.4. The second kappa shape index (κ2) is 6.46. The smallest absolute Gasteiger partial charge is 0.279 e. The Kier molecular flexibility index (Phi) is 4.26. The summed E-state index contributed by atoms with van der Waals surface area (Å²) in [5, 5.41) is 12.1. The predicted octanol–water partition coefficient (Wildman–Crippen LogP) is 2.19. The van der Waals surface area contributed by atoms with E-state index in [1.165, 1.54) is 15.9 Å². The molecule has 9 heteroatoms. The van der Waals surface area contributed by atoms with E-state index in [1.807, 2.05) is 12.1 Å². The minimum Gasteiger partial charge on any atom is -0.493 e. The van der Waals surface area contributed by atoms with E-state index in [4.69, 9.17) is 11.6 Å². The Balaban J connectivity index is 1.99. The van der Waals surface area contributed by atoms with E-state index in [0.717, 1.165) is 4.47 Å². The first-order valence-electron chi connectivity index (χ1n) is 7.43. The van der Waals surface area contributed by atoms with Crippen molar-refractivity contribution in [3.8, 4) is 5.88 Å². The quantitative estimate of drug-likeness (QED) is 0.609. The van der Waals surface area contributed by atoms with Crippen LogP contribution in [0.1, 0.15) is 4.88 Å². The molecule has 1 N–H and O–H groups in total. The summed E-state index contributed by atoms with van der Waals surface area (Å²) in [6.45, 7) is 0. The molecule has 130 valence electrons. The third-order valence-electron chi connectivity index (χ3n) is 3.85. The summed E-state index contributed by atoms with van der Waals surface area (Å²) in [6, 6.07) is 8.84. The molecule has 3 aromatic rings. The summed E-state index contributed by atoms with van der Waals surface area (Å²) >= 11 is 10.6. The van der Waals surface area contributed by atoms with Gasteiger partial charge in [-0.25, -0.2) is 15.0 Å². The molecule has 0 radical (unpaired) electrons. The normalized spacial score (nSPS) is 13.9. The average molecular weight is 450 g/mol. The Morgan fingerprint density at radius 3 is 2.92 bits per heavy atom. The summed E-state index contributed by atoms with van der Waals surface area (Å²) in [6.07, 6.45) is 1.57. The Bertz CT molecular complexity index is 1260. The number of aromatic hydroxyl groups is 1. The van der Waals surface area contributed by atoms with Crippen molar-refractivity contribution in [3.05, 3.63) is 66.4 Å². The van der Waals surface area contributed by atoms with Crippen molar-refractivity contribution < 1.29 is 9.90 Å². The average Bonchev–Trinajstić information content (AvgIpc) is 3.07. The highest BCUT2D eigenvalue weighted by Crippen LogP contribution is 2.29. The molecule has 1 aliphatic heterocycles. The van der Waals surface area contributed by atoms with E-state index in [1.54, 1.807) is 31.4 Å². The molecule has 0 atom stereocenters. The number of nitrogens with zero attached hydrogens (tertiary/aromatic N) is 4. The van der Waals surface area contributed by atoms with Gasteiger partial charge in [0.25, 0.3) is 5.91 Å². The molecule has 0 unspecified atom stereocenters. The van der Waals surface area contributed by atoms with Crippen molar-refractivity contribution in [2.75, 3.05) is 0 Å². The highest BCUT2D eigenvalue weighted by Gasteiger charge is 2.25. The SMILES string of the molecule is Cn1c(O)c(C2=c3cc(Br)ccc3=NC2=O)sc1=Nc1cccnc1Cl. The maximum Gasteiger partial charge on any atom is 0.279 e. The first kappa shape index (κ1) is 17.1. The highest BCUT2D eigenvalue weighted by atomic mass is 79.9. The first-order valence-corrected chi connectivity index (χ1v) is 9.42. The van der Waals surface area contributed by atoms with Gasteiger partial charge in [0.15, 0.2) is 9.95 Å². The standard InChI is InChI=1S/C17H10BrClN4O2S/c1-23-16(25)13(26-17(23)22-11-3-2-6-20-14(11)19)12-9-7-8(18)4-5-10(9)21-15(12)24/h2-7,25H,1H3. The molecule has 0 saturated heterocycles. The molecule has 0 aliphatic carbocycles. The summed E-state index contributed by atoms with van der Waals surface area (Å²) in [5.74, 6) is -0.443. The van der Waals surface area contributed by atoms with Crippen molar-refractivity contribution in [2.24, 2.45) is 17.0 Å². The number of halogens is 2. The number of carbonyl (C=O) groups is 1. The molecule has 3 heterocycles. The summed E-state index contributed by atoms with van der Waals surface area (Å²) in [5.41, 5.74) is 0.839. The fourth-order valence-electron chi connectivity index (χ4n) is 2.58. The van der Waals surface area contributed by atoms with Crippen LogP contribution in [0, 0.1) is 0 Å². The van der Waals surface area contributed by atoms with Crippen molar-refractivity contribution in [3.63, 3.8) is 0 Å². The summed E-state index contributed by atoms with van der Waals surface area (Å²) < 4.78 is 2.32. The van der Waals surface area contributed by atoms with Crippen LogP contribution in [0.2, 0.25) is 5.15 Å². The molecular weight excluding hydrogens is 440 g/mol. The molecule has 4 rings (SSSR count). The number of aromatic nitrogens is 2. The van der Waals surface area contributed by atoms with Gasteiger partial charge in [0.1, 0.15) is 10.6 Å². The Morgan fingerprint density at radius 2 is 2.15 bits per heavy atom. The zero-order valence-corrected chi connectivity index (χ0v) is 16.4. The number of thiazole rings is 1. The minimum atomic E-state index is -0.388. The molecule has 26 heavy (non-hydrogen) atoms. The van der Waals surface area contributed by atoms with E-state index in [2.05, 4.69) is 30.9 Å². The lowest BCUT2D eigenvalue weighted by Gasteiger charge is -1.99. The monoisotopic (exact) mass is 448 g/mol. The molecule has 0 bridgehead atoms. The van der Waals surface area contributed by atoms with Crippen LogP contribution in [0.5, 0.6) is 5.88 Å². The second-order valence-corrected chi connectivity index (χ2v) is 7.73. The largest absolute Gasteiger partial charge is 0.493 e. The topological polar surface area (TPSA) is 79.8 Å². The van der Waals surface area contributed by atoms with Crippen molar-refractivity contribution in [1.29, 1.82) is 0 Å². The molecule has 6 nitrogen and oxygen atoms in total. The molecule has 0 fully saturated rings. The number of pyridine rings is 1. The molecule has 1 amide bonds. The maximum absolute atomic E-state index is 12.4. The third-order valence-corrected chi connectivity index (χ3v) is 5.77. The van der Waals surface area contributed by atoms with Gasteiger partial charge >= 0.3 is 0 Å². The van der Waals surface area contributed by atoms with Gasteiger partial charge in [-0.15, -0.1) is 0 Å². The molecule has 2 aromatic heterocycles. The third kappa shape index (κ3) is 2.80. The minimum absolute atomic E-state index is 0.0554. The molecule has 0 spiro atoms. The van der Waals surface area contributed by atoms with E-state index in [0.29, 0.717) is 31.5 Å². The number of fused-ring (bicyclic) bond motifs is 1. The van der Waals surface area contributed by atoms with Crippen LogP contribution in [-0.4, -0.2) is 20.6 Å². The van der Waals surface area contributed by atoms with Gasteiger partial charge in [0, 0.05) is 22.9 Å². The van der Waals surface area contributed by atoms with Crippen LogP contribution in [0.15, 0.2) is 51.0 Å². The van der Waals surface area contributed by atoms with Crippen LogP contribution in [0.25, 0.3) is 5.57 Å². The fraction of sp³-hybridized carbons (Fsp3) is 0.0588. The summed E-state index contributed by atoms with van der Waals surface area (Å²) in [4.78, 5) is 25.8. The van der Waals surface area contributed by atoms with E-state index in [-0.39, 0.29) is 16.9 Å². The lowest BCUT2D eigenvalue weighted by molar-refractivity contribution is -0.112. The predicted molar refractivity (Wildman–Crippen MR) is 102 cm³/mol. The van der Waals surface area contributed by atoms with Gasteiger partial charge in [0.05, 0.1) is 10.9 Å². The lowest BCUT2D eigenvalue weighted by atomic mass is 10.1. The van der Waals surface area contributed by atoms with Crippen LogP contribution in [-0.2, 0) is 11.8 Å². The number of amides is 1. The lowest BCUT2D eigenvalue weighted by Crippen LogP contribution is -2.22. The fourth-order valence-corrected chi connectivity index (χ4v) is 4.18. The Labute approximate surface area is 164 Å². The Hall–Kier alpha value is -2.29. The first-order chi connectivity index (χ1) is 12.5. The van der Waals surface area contributed by atoms with Gasteiger partial charge in [-0.3, -0.25) is 9.36 Å². The van der Waals surface area contributed by atoms with Gasteiger partial charge in [0.2, 0.25) is 5.88 Å². The van der Waals surface area contributed by atoms with Crippen LogP contribution < -0.4 is 15.4 Å². The number of carbonyl (C=O) groups excluding carboxylic acids is 1. The number of hydrogen-bond donors (Lipinski definition) is 1. The van der Waals surface area contributed by atoms with Gasteiger partial charge < -0.3 is 5.11 Å². The zero-order chi connectivity index (χ0) is 18.4.